The minimum absolute atomic E-state index is 0.682. The van der Waals surface area contributed by atoms with Gasteiger partial charge in [0.05, 0.1) is 27.6 Å². The number of para-hydroxylation sites is 4. The number of fused-ring (bicyclic) bond motifs is 10. The van der Waals surface area contributed by atoms with E-state index in [4.69, 9.17) is 9.97 Å². The topological polar surface area (TPSA) is 35.6 Å². The van der Waals surface area contributed by atoms with Crippen molar-refractivity contribution < 1.29 is 0 Å². The summed E-state index contributed by atoms with van der Waals surface area (Å²) < 4.78 is 4.63. The molecule has 0 aliphatic carbocycles. The van der Waals surface area contributed by atoms with E-state index in [1.165, 1.54) is 43.4 Å². The molecule has 3 heterocycles. The highest BCUT2D eigenvalue weighted by molar-refractivity contribution is 6.30. The molecule has 4 heteroatoms. The lowest BCUT2D eigenvalue weighted by Gasteiger charge is -2.11. The zero-order valence-electron chi connectivity index (χ0n) is 21.5. The predicted octanol–water partition coefficient (Wildman–Crippen LogP) is 8.98. The van der Waals surface area contributed by atoms with E-state index in [9.17, 15) is 0 Å². The lowest BCUT2D eigenvalue weighted by atomic mass is 10.0. The maximum Gasteiger partial charge on any atom is 0.235 e. The third-order valence-corrected chi connectivity index (χ3v) is 8.14. The number of hydrogen-bond acceptors (Lipinski definition) is 2. The fourth-order valence-corrected chi connectivity index (χ4v) is 6.46. The van der Waals surface area contributed by atoms with Crippen LogP contribution in [0.2, 0.25) is 0 Å². The number of benzene rings is 6. The Bertz CT molecular complexity index is 2430. The Morgan fingerprint density at radius 2 is 1.15 bits per heavy atom. The summed E-state index contributed by atoms with van der Waals surface area (Å²) >= 11 is 0. The van der Waals surface area contributed by atoms with Crippen LogP contribution < -0.4 is 0 Å². The van der Waals surface area contributed by atoms with Gasteiger partial charge in [0.25, 0.3) is 0 Å². The Morgan fingerprint density at radius 3 is 2.02 bits per heavy atom. The van der Waals surface area contributed by atoms with Crippen molar-refractivity contribution in [2.75, 3.05) is 0 Å². The summed E-state index contributed by atoms with van der Waals surface area (Å²) in [6.07, 6.45) is 1.93. The SMILES string of the molecule is c1ccc(-n2c3ccccc3c3c4c(ccc5c6ccccc6n(-c6ncc7ccccc7n6)c54)ccc32)cc1. The van der Waals surface area contributed by atoms with Gasteiger partial charge in [0.15, 0.2) is 0 Å². The molecule has 9 rings (SSSR count). The van der Waals surface area contributed by atoms with Gasteiger partial charge in [-0.15, -0.1) is 0 Å². The first-order valence-corrected chi connectivity index (χ1v) is 13.5. The number of rotatable bonds is 2. The molecule has 3 aromatic heterocycles. The summed E-state index contributed by atoms with van der Waals surface area (Å²) in [5, 5.41) is 8.31. The predicted molar refractivity (Wildman–Crippen MR) is 166 cm³/mol. The third kappa shape index (κ3) is 2.85. The van der Waals surface area contributed by atoms with Gasteiger partial charge in [0.2, 0.25) is 5.95 Å². The van der Waals surface area contributed by atoms with Crippen LogP contribution in [-0.2, 0) is 0 Å². The molecule has 0 spiro atoms. The normalized spacial score (nSPS) is 12.0. The molecule has 0 unspecified atom stereocenters. The highest BCUT2D eigenvalue weighted by Gasteiger charge is 2.21. The van der Waals surface area contributed by atoms with Gasteiger partial charge in [-0.25, -0.2) is 9.97 Å². The van der Waals surface area contributed by atoms with Crippen LogP contribution in [0, 0.1) is 0 Å². The van der Waals surface area contributed by atoms with E-state index >= 15 is 0 Å². The zero-order chi connectivity index (χ0) is 26.2. The van der Waals surface area contributed by atoms with E-state index in [0.717, 1.165) is 27.6 Å². The standard InChI is InChI=1S/C36H22N4/c1-2-11-25(12-3-1)39-31-17-9-6-14-28(31)34-32(39)21-19-23-18-20-27-26-13-5-8-16-30(26)40(35(27)33(23)34)36-37-22-24-10-4-7-15-29(24)38-36/h1-22H. The fraction of sp³-hybridized carbons (Fsp3) is 0. The smallest absolute Gasteiger partial charge is 0.235 e. The van der Waals surface area contributed by atoms with Crippen molar-refractivity contribution in [2.45, 2.75) is 0 Å². The first-order valence-electron chi connectivity index (χ1n) is 13.5. The molecule has 0 saturated heterocycles. The second-order valence-electron chi connectivity index (χ2n) is 10.3. The van der Waals surface area contributed by atoms with E-state index in [2.05, 4.69) is 124 Å². The monoisotopic (exact) mass is 510 g/mol. The molecule has 4 nitrogen and oxygen atoms in total. The van der Waals surface area contributed by atoms with E-state index in [0.29, 0.717) is 5.95 Å². The molecule has 9 aromatic rings. The Labute approximate surface area is 229 Å². The first kappa shape index (κ1) is 21.5. The Hall–Kier alpha value is -5.48. The summed E-state index contributed by atoms with van der Waals surface area (Å²) in [5.41, 5.74) is 6.70. The summed E-state index contributed by atoms with van der Waals surface area (Å²) in [5.74, 6) is 0.682. The van der Waals surface area contributed by atoms with E-state index in [-0.39, 0.29) is 0 Å². The lowest BCUT2D eigenvalue weighted by Crippen LogP contribution is -2.01. The minimum Gasteiger partial charge on any atom is -0.309 e. The van der Waals surface area contributed by atoms with Gasteiger partial charge in [-0.05, 0) is 41.8 Å². The summed E-state index contributed by atoms with van der Waals surface area (Å²) in [4.78, 5) is 9.96. The Morgan fingerprint density at radius 1 is 0.450 bits per heavy atom. The second-order valence-corrected chi connectivity index (χ2v) is 10.3. The van der Waals surface area contributed by atoms with E-state index in [1.807, 2.05) is 18.3 Å². The highest BCUT2D eigenvalue weighted by Crippen LogP contribution is 2.42. The minimum atomic E-state index is 0.682. The Kier molecular flexibility index (Phi) is 4.30. The van der Waals surface area contributed by atoms with Crippen molar-refractivity contribution >= 4 is 65.3 Å². The van der Waals surface area contributed by atoms with Crippen molar-refractivity contribution in [3.8, 4) is 11.6 Å². The molecule has 40 heavy (non-hydrogen) atoms. The molecule has 0 aliphatic rings. The van der Waals surface area contributed by atoms with Crippen LogP contribution in [0.4, 0.5) is 0 Å². The molecular weight excluding hydrogens is 488 g/mol. The Balaban J connectivity index is 1.53. The van der Waals surface area contributed by atoms with Crippen LogP contribution in [0.5, 0.6) is 0 Å². The van der Waals surface area contributed by atoms with Gasteiger partial charge >= 0.3 is 0 Å². The molecule has 0 atom stereocenters. The van der Waals surface area contributed by atoms with Crippen molar-refractivity contribution in [3.63, 3.8) is 0 Å². The average molecular weight is 511 g/mol. The van der Waals surface area contributed by atoms with Crippen LogP contribution in [0.25, 0.3) is 76.9 Å². The van der Waals surface area contributed by atoms with Crippen molar-refractivity contribution in [2.24, 2.45) is 0 Å². The first-order chi connectivity index (χ1) is 19.9. The summed E-state index contributed by atoms with van der Waals surface area (Å²) in [7, 11) is 0. The van der Waals surface area contributed by atoms with Crippen LogP contribution in [0.15, 0.2) is 134 Å². The second kappa shape index (κ2) is 8.01. The third-order valence-electron chi connectivity index (χ3n) is 8.14. The van der Waals surface area contributed by atoms with Gasteiger partial charge < -0.3 is 4.57 Å². The molecule has 186 valence electrons. The van der Waals surface area contributed by atoms with Gasteiger partial charge in [0.1, 0.15) is 0 Å². The maximum atomic E-state index is 5.07. The van der Waals surface area contributed by atoms with Crippen molar-refractivity contribution in [3.05, 3.63) is 134 Å². The zero-order valence-corrected chi connectivity index (χ0v) is 21.5. The van der Waals surface area contributed by atoms with Crippen LogP contribution >= 0.6 is 0 Å². The van der Waals surface area contributed by atoms with Crippen molar-refractivity contribution in [1.29, 1.82) is 0 Å². The van der Waals surface area contributed by atoms with E-state index in [1.54, 1.807) is 0 Å². The van der Waals surface area contributed by atoms with Gasteiger partial charge in [-0.3, -0.25) is 4.57 Å². The highest BCUT2D eigenvalue weighted by atomic mass is 15.2. The molecule has 0 saturated carbocycles. The summed E-state index contributed by atoms with van der Waals surface area (Å²) in [6.45, 7) is 0. The average Bonchev–Trinajstić information content (AvgIpc) is 3.54. The van der Waals surface area contributed by atoms with Gasteiger partial charge in [0, 0.05) is 44.2 Å². The molecule has 0 radical (unpaired) electrons. The number of hydrogen-bond donors (Lipinski definition) is 0. The molecule has 6 aromatic carbocycles. The molecule has 0 N–H and O–H groups in total. The molecule has 0 fully saturated rings. The summed E-state index contributed by atoms with van der Waals surface area (Å²) in [6, 6.07) is 45.1. The molecular formula is C36H22N4. The maximum absolute atomic E-state index is 5.07. The number of nitrogens with zero attached hydrogens (tertiary/aromatic N) is 4. The van der Waals surface area contributed by atoms with Gasteiger partial charge in [-0.1, -0.05) is 91.0 Å². The van der Waals surface area contributed by atoms with Crippen LogP contribution in [0.1, 0.15) is 0 Å². The van der Waals surface area contributed by atoms with Crippen LogP contribution in [0.3, 0.4) is 0 Å². The quantitative estimate of drug-likeness (QED) is 0.233. The van der Waals surface area contributed by atoms with Gasteiger partial charge in [-0.2, -0.15) is 0 Å². The van der Waals surface area contributed by atoms with E-state index < -0.39 is 0 Å². The fourth-order valence-electron chi connectivity index (χ4n) is 6.46. The lowest BCUT2D eigenvalue weighted by molar-refractivity contribution is 1.01. The van der Waals surface area contributed by atoms with Crippen molar-refractivity contribution in [1.82, 2.24) is 19.1 Å². The molecule has 0 aliphatic heterocycles. The largest absolute Gasteiger partial charge is 0.309 e. The molecule has 0 amide bonds. The van der Waals surface area contributed by atoms with Crippen LogP contribution in [-0.4, -0.2) is 19.1 Å². The number of aromatic nitrogens is 4. The molecule has 0 bridgehead atoms.